The number of carbonyl (C=O) groups excluding carboxylic acids is 2. The molecule has 1 saturated heterocycles. The first-order valence-electron chi connectivity index (χ1n) is 10.2. The number of amides is 1. The van der Waals surface area contributed by atoms with Crippen LogP contribution < -0.4 is 4.90 Å². The summed E-state index contributed by atoms with van der Waals surface area (Å²) in [6, 6.07) is 13.2. The zero-order valence-corrected chi connectivity index (χ0v) is 18.2. The Kier molecular flexibility index (Phi) is 5.20. The molecule has 0 bridgehead atoms. The topological polar surface area (TPSA) is 83.6 Å². The number of aryl methyl sites for hydroxylation is 1. The number of ketones is 1. The van der Waals surface area contributed by atoms with Gasteiger partial charge in [-0.2, -0.15) is 0 Å². The Labute approximate surface area is 185 Å². The van der Waals surface area contributed by atoms with Gasteiger partial charge < -0.3 is 9.63 Å². The zero-order valence-electron chi connectivity index (χ0n) is 18.2. The zero-order chi connectivity index (χ0) is 23.2. The SMILES string of the molecule is Cc1cc(N2C(=O)C(=O)C(=C(O)c3ccc(F)cc3)[C@@H]2c2ccc(C(C)(C)C)cc2)no1. The lowest BCUT2D eigenvalue weighted by Crippen LogP contribution is -2.29. The molecule has 0 aliphatic carbocycles. The maximum Gasteiger partial charge on any atom is 0.301 e. The Morgan fingerprint density at radius 2 is 1.69 bits per heavy atom. The maximum atomic E-state index is 13.4. The van der Waals surface area contributed by atoms with E-state index in [1.165, 1.54) is 29.2 Å². The summed E-state index contributed by atoms with van der Waals surface area (Å²) >= 11 is 0. The quantitative estimate of drug-likeness (QED) is 0.354. The van der Waals surface area contributed by atoms with Crippen LogP contribution in [-0.2, 0) is 15.0 Å². The highest BCUT2D eigenvalue weighted by Crippen LogP contribution is 2.42. The van der Waals surface area contributed by atoms with E-state index in [-0.39, 0.29) is 28.1 Å². The second-order valence-electron chi connectivity index (χ2n) is 8.84. The number of nitrogens with zero attached hydrogens (tertiary/aromatic N) is 2. The largest absolute Gasteiger partial charge is 0.507 e. The van der Waals surface area contributed by atoms with E-state index in [9.17, 15) is 19.1 Å². The molecule has 1 fully saturated rings. The highest BCUT2D eigenvalue weighted by Gasteiger charge is 2.48. The summed E-state index contributed by atoms with van der Waals surface area (Å²) in [7, 11) is 0. The van der Waals surface area contributed by atoms with Crippen LogP contribution in [0.3, 0.4) is 0 Å². The number of rotatable bonds is 3. The minimum atomic E-state index is -0.918. The van der Waals surface area contributed by atoms with Crippen LogP contribution >= 0.6 is 0 Å². The lowest BCUT2D eigenvalue weighted by Gasteiger charge is -2.24. The third kappa shape index (κ3) is 3.70. The molecular formula is C25H23FN2O4. The first-order valence-corrected chi connectivity index (χ1v) is 10.2. The average molecular weight is 434 g/mol. The number of aromatic nitrogens is 1. The van der Waals surface area contributed by atoms with Gasteiger partial charge in [-0.15, -0.1) is 0 Å². The molecule has 7 heteroatoms. The van der Waals surface area contributed by atoms with E-state index in [2.05, 4.69) is 25.9 Å². The molecule has 2 aromatic carbocycles. The summed E-state index contributed by atoms with van der Waals surface area (Å²) in [5.74, 6) is -1.88. The van der Waals surface area contributed by atoms with Gasteiger partial charge in [0, 0.05) is 11.6 Å². The number of hydrogen-bond acceptors (Lipinski definition) is 5. The van der Waals surface area contributed by atoms with Gasteiger partial charge in [0.25, 0.3) is 5.78 Å². The summed E-state index contributed by atoms with van der Waals surface area (Å²) < 4.78 is 18.5. The lowest BCUT2D eigenvalue weighted by molar-refractivity contribution is -0.132. The summed E-state index contributed by atoms with van der Waals surface area (Å²) in [6.45, 7) is 7.93. The van der Waals surface area contributed by atoms with Crippen molar-refractivity contribution in [2.75, 3.05) is 4.90 Å². The molecule has 1 amide bonds. The molecule has 3 aromatic rings. The first kappa shape index (κ1) is 21.5. The van der Waals surface area contributed by atoms with Gasteiger partial charge in [0.2, 0.25) is 0 Å². The highest BCUT2D eigenvalue weighted by molar-refractivity contribution is 6.51. The van der Waals surface area contributed by atoms with Gasteiger partial charge in [-0.25, -0.2) is 4.39 Å². The van der Waals surface area contributed by atoms with Crippen LogP contribution in [0.25, 0.3) is 5.76 Å². The van der Waals surface area contributed by atoms with Crippen molar-refractivity contribution in [2.45, 2.75) is 39.2 Å². The Hall–Kier alpha value is -3.74. The second kappa shape index (κ2) is 7.75. The third-order valence-electron chi connectivity index (χ3n) is 5.52. The number of anilines is 1. The molecule has 1 aliphatic heterocycles. The van der Waals surface area contributed by atoms with Gasteiger partial charge in [0.05, 0.1) is 11.6 Å². The van der Waals surface area contributed by atoms with E-state index >= 15 is 0 Å². The van der Waals surface area contributed by atoms with Crippen molar-refractivity contribution in [2.24, 2.45) is 0 Å². The molecule has 164 valence electrons. The van der Waals surface area contributed by atoms with Crippen molar-refractivity contribution >= 4 is 23.3 Å². The molecule has 6 nitrogen and oxygen atoms in total. The number of aliphatic hydroxyl groups is 1. The Bertz CT molecular complexity index is 1220. The molecule has 1 atom stereocenters. The van der Waals surface area contributed by atoms with Crippen molar-refractivity contribution in [3.63, 3.8) is 0 Å². The molecule has 0 radical (unpaired) electrons. The summed E-state index contributed by atoms with van der Waals surface area (Å²) in [6.07, 6.45) is 0. The Morgan fingerprint density at radius 1 is 1.06 bits per heavy atom. The molecule has 1 N–H and O–H groups in total. The van der Waals surface area contributed by atoms with Gasteiger partial charge in [-0.3, -0.25) is 14.5 Å². The van der Waals surface area contributed by atoms with E-state index in [4.69, 9.17) is 4.52 Å². The van der Waals surface area contributed by atoms with Crippen molar-refractivity contribution < 1.29 is 23.6 Å². The van der Waals surface area contributed by atoms with Gasteiger partial charge in [-0.05, 0) is 47.7 Å². The summed E-state index contributed by atoms with van der Waals surface area (Å²) in [4.78, 5) is 27.3. The smallest absolute Gasteiger partial charge is 0.301 e. The van der Waals surface area contributed by atoms with Crippen LogP contribution in [0, 0.1) is 12.7 Å². The van der Waals surface area contributed by atoms with Crippen molar-refractivity contribution in [3.8, 4) is 0 Å². The van der Waals surface area contributed by atoms with Crippen LogP contribution in [0.15, 0.2) is 64.7 Å². The predicted molar refractivity (Wildman–Crippen MR) is 118 cm³/mol. The second-order valence-corrected chi connectivity index (χ2v) is 8.84. The van der Waals surface area contributed by atoms with Gasteiger partial charge in [0.1, 0.15) is 17.3 Å². The minimum Gasteiger partial charge on any atom is -0.507 e. The van der Waals surface area contributed by atoms with Crippen LogP contribution in [0.1, 0.15) is 49.3 Å². The Balaban J connectivity index is 1.91. The molecule has 2 heterocycles. The molecule has 32 heavy (non-hydrogen) atoms. The molecule has 1 aliphatic rings. The fourth-order valence-corrected chi connectivity index (χ4v) is 3.78. The number of halogens is 1. The monoisotopic (exact) mass is 434 g/mol. The number of aliphatic hydroxyl groups excluding tert-OH is 1. The van der Waals surface area contributed by atoms with Crippen LogP contribution in [0.5, 0.6) is 0 Å². The van der Waals surface area contributed by atoms with E-state index in [0.29, 0.717) is 11.3 Å². The normalized spacial score (nSPS) is 18.4. The van der Waals surface area contributed by atoms with E-state index in [1.54, 1.807) is 13.0 Å². The predicted octanol–water partition coefficient (Wildman–Crippen LogP) is 5.05. The van der Waals surface area contributed by atoms with E-state index < -0.39 is 23.5 Å². The van der Waals surface area contributed by atoms with Crippen molar-refractivity contribution in [1.29, 1.82) is 0 Å². The summed E-state index contributed by atoms with van der Waals surface area (Å²) in [5, 5.41) is 14.9. The number of hydrogen-bond donors (Lipinski definition) is 1. The molecular weight excluding hydrogens is 411 g/mol. The van der Waals surface area contributed by atoms with Crippen molar-refractivity contribution in [3.05, 3.63) is 88.4 Å². The molecule has 4 rings (SSSR count). The fraction of sp³-hybridized carbons (Fsp3) is 0.240. The fourth-order valence-electron chi connectivity index (χ4n) is 3.78. The van der Waals surface area contributed by atoms with E-state index in [1.807, 2.05) is 24.3 Å². The standard InChI is InChI=1S/C25H23FN2O4/c1-14-13-19(27-32-14)28-21(15-5-9-17(10-6-15)25(2,3)4)20(23(30)24(28)31)22(29)16-7-11-18(26)12-8-16/h5-13,21,29H,1-4H3/t21-/m0/s1. The summed E-state index contributed by atoms with van der Waals surface area (Å²) in [5.41, 5.74) is 1.76. The lowest BCUT2D eigenvalue weighted by atomic mass is 9.85. The van der Waals surface area contributed by atoms with Crippen LogP contribution in [0.2, 0.25) is 0 Å². The number of benzene rings is 2. The van der Waals surface area contributed by atoms with Crippen LogP contribution in [-0.4, -0.2) is 22.0 Å². The van der Waals surface area contributed by atoms with Gasteiger partial charge >= 0.3 is 5.91 Å². The van der Waals surface area contributed by atoms with E-state index in [0.717, 1.165) is 5.56 Å². The minimum absolute atomic E-state index is 0.0856. The van der Waals surface area contributed by atoms with Crippen molar-refractivity contribution in [1.82, 2.24) is 5.16 Å². The third-order valence-corrected chi connectivity index (χ3v) is 5.52. The van der Waals surface area contributed by atoms with Crippen LogP contribution in [0.4, 0.5) is 10.2 Å². The molecule has 0 saturated carbocycles. The van der Waals surface area contributed by atoms with Gasteiger partial charge in [0.15, 0.2) is 5.82 Å². The number of Topliss-reactive ketones (excluding diaryl/α,β-unsaturated/α-hetero) is 1. The van der Waals surface area contributed by atoms with Gasteiger partial charge in [-0.1, -0.05) is 50.2 Å². The first-order chi connectivity index (χ1) is 15.1. The molecule has 0 spiro atoms. The Morgan fingerprint density at radius 3 is 2.22 bits per heavy atom. The number of carbonyl (C=O) groups is 2. The maximum absolute atomic E-state index is 13.4. The highest BCUT2D eigenvalue weighted by atomic mass is 19.1. The molecule has 1 aromatic heterocycles. The molecule has 0 unspecified atom stereocenters. The average Bonchev–Trinajstić information content (AvgIpc) is 3.28.